The van der Waals surface area contributed by atoms with Crippen LogP contribution in [-0.4, -0.2) is 29.3 Å². The van der Waals surface area contributed by atoms with E-state index in [2.05, 4.69) is 20.5 Å². The average molecular weight is 216 g/mol. The number of anilines is 1. The lowest BCUT2D eigenvalue weighted by Crippen LogP contribution is -1.99. The van der Waals surface area contributed by atoms with Crippen molar-refractivity contribution < 1.29 is 4.74 Å². The molecule has 1 N–H and O–H groups in total. The standard InChI is InChI=1S/C11H12N4O/c1-12-11-14-10(7-13-15-11)8-3-5-9(16-2)6-4-8/h3-7H,1-2H3,(H,12,14,15). The van der Waals surface area contributed by atoms with E-state index in [1.807, 2.05) is 24.3 Å². The third-order valence-electron chi connectivity index (χ3n) is 2.17. The van der Waals surface area contributed by atoms with E-state index < -0.39 is 0 Å². The zero-order valence-corrected chi connectivity index (χ0v) is 9.14. The van der Waals surface area contributed by atoms with Crippen LogP contribution in [0.1, 0.15) is 0 Å². The lowest BCUT2D eigenvalue weighted by atomic mass is 10.1. The Morgan fingerprint density at radius 3 is 2.56 bits per heavy atom. The molecule has 1 aromatic heterocycles. The lowest BCUT2D eigenvalue weighted by molar-refractivity contribution is 0.415. The molecule has 82 valence electrons. The van der Waals surface area contributed by atoms with Crippen LogP contribution >= 0.6 is 0 Å². The van der Waals surface area contributed by atoms with E-state index in [9.17, 15) is 0 Å². The van der Waals surface area contributed by atoms with E-state index in [0.29, 0.717) is 5.95 Å². The van der Waals surface area contributed by atoms with Crippen molar-refractivity contribution in [3.05, 3.63) is 30.5 Å². The zero-order valence-electron chi connectivity index (χ0n) is 9.14. The van der Waals surface area contributed by atoms with Gasteiger partial charge in [0.1, 0.15) is 5.75 Å². The van der Waals surface area contributed by atoms with Gasteiger partial charge in [0.05, 0.1) is 19.0 Å². The summed E-state index contributed by atoms with van der Waals surface area (Å²) in [5.74, 6) is 1.33. The molecule has 2 rings (SSSR count). The van der Waals surface area contributed by atoms with Gasteiger partial charge in [-0.2, -0.15) is 5.10 Å². The molecule has 0 saturated carbocycles. The third kappa shape index (κ3) is 2.08. The number of methoxy groups -OCH3 is 1. The van der Waals surface area contributed by atoms with Crippen molar-refractivity contribution >= 4 is 5.95 Å². The molecule has 5 heteroatoms. The van der Waals surface area contributed by atoms with Gasteiger partial charge in [0, 0.05) is 12.6 Å². The number of nitrogens with zero attached hydrogens (tertiary/aromatic N) is 3. The molecule has 0 spiro atoms. The summed E-state index contributed by atoms with van der Waals surface area (Å²) < 4.78 is 5.09. The number of hydrogen-bond acceptors (Lipinski definition) is 5. The highest BCUT2D eigenvalue weighted by Crippen LogP contribution is 2.20. The Bertz CT molecular complexity index is 470. The molecule has 1 heterocycles. The van der Waals surface area contributed by atoms with Gasteiger partial charge in [-0.1, -0.05) is 0 Å². The van der Waals surface area contributed by atoms with Gasteiger partial charge in [-0.05, 0) is 24.3 Å². The number of hydrogen-bond donors (Lipinski definition) is 1. The van der Waals surface area contributed by atoms with Crippen molar-refractivity contribution in [2.24, 2.45) is 0 Å². The Morgan fingerprint density at radius 1 is 1.19 bits per heavy atom. The van der Waals surface area contributed by atoms with Crippen LogP contribution in [-0.2, 0) is 0 Å². The molecule has 0 amide bonds. The molecule has 0 saturated heterocycles. The third-order valence-corrected chi connectivity index (χ3v) is 2.17. The molecular formula is C11H12N4O. The molecule has 0 radical (unpaired) electrons. The summed E-state index contributed by atoms with van der Waals surface area (Å²) >= 11 is 0. The van der Waals surface area contributed by atoms with Gasteiger partial charge in [-0.15, -0.1) is 5.10 Å². The highest BCUT2D eigenvalue weighted by Gasteiger charge is 2.02. The van der Waals surface area contributed by atoms with E-state index >= 15 is 0 Å². The van der Waals surface area contributed by atoms with Crippen LogP contribution in [0.3, 0.4) is 0 Å². The minimum atomic E-state index is 0.508. The minimum Gasteiger partial charge on any atom is -0.497 e. The normalized spacial score (nSPS) is 9.88. The Labute approximate surface area is 93.5 Å². The molecular weight excluding hydrogens is 204 g/mol. The highest BCUT2D eigenvalue weighted by molar-refractivity contribution is 5.59. The fourth-order valence-electron chi connectivity index (χ4n) is 1.31. The Morgan fingerprint density at radius 2 is 1.94 bits per heavy atom. The summed E-state index contributed by atoms with van der Waals surface area (Å²) in [4.78, 5) is 4.29. The van der Waals surface area contributed by atoms with Gasteiger partial charge in [-0.25, -0.2) is 4.98 Å². The molecule has 0 atom stereocenters. The molecule has 16 heavy (non-hydrogen) atoms. The fraction of sp³-hybridized carbons (Fsp3) is 0.182. The van der Waals surface area contributed by atoms with E-state index in [4.69, 9.17) is 4.74 Å². The van der Waals surface area contributed by atoms with Crippen molar-refractivity contribution in [2.45, 2.75) is 0 Å². The summed E-state index contributed by atoms with van der Waals surface area (Å²) in [6, 6.07) is 7.64. The van der Waals surface area contributed by atoms with Crippen molar-refractivity contribution in [3.63, 3.8) is 0 Å². The van der Waals surface area contributed by atoms with Crippen LogP contribution in [0.2, 0.25) is 0 Å². The molecule has 2 aromatic rings. The smallest absolute Gasteiger partial charge is 0.243 e. The number of ether oxygens (including phenoxy) is 1. The first-order valence-corrected chi connectivity index (χ1v) is 4.85. The topological polar surface area (TPSA) is 59.9 Å². The van der Waals surface area contributed by atoms with E-state index in [1.54, 1.807) is 20.4 Å². The summed E-state index contributed by atoms with van der Waals surface area (Å²) in [7, 11) is 3.40. The Hall–Kier alpha value is -2.17. The Kier molecular flexibility index (Phi) is 2.95. The van der Waals surface area contributed by atoms with Gasteiger partial charge >= 0.3 is 0 Å². The lowest BCUT2D eigenvalue weighted by Gasteiger charge is -2.03. The van der Waals surface area contributed by atoms with Gasteiger partial charge in [0.2, 0.25) is 5.95 Å². The molecule has 5 nitrogen and oxygen atoms in total. The molecule has 0 fully saturated rings. The van der Waals surface area contributed by atoms with Crippen molar-refractivity contribution in [2.75, 3.05) is 19.5 Å². The van der Waals surface area contributed by atoms with E-state index in [-0.39, 0.29) is 0 Å². The number of rotatable bonds is 3. The summed E-state index contributed by atoms with van der Waals surface area (Å²) in [5.41, 5.74) is 1.76. The predicted octanol–water partition coefficient (Wildman–Crippen LogP) is 1.59. The molecule has 0 aliphatic carbocycles. The van der Waals surface area contributed by atoms with Crippen LogP contribution in [0.4, 0.5) is 5.95 Å². The van der Waals surface area contributed by atoms with E-state index in [1.165, 1.54) is 0 Å². The van der Waals surface area contributed by atoms with Crippen molar-refractivity contribution in [3.8, 4) is 17.0 Å². The van der Waals surface area contributed by atoms with Crippen LogP contribution in [0.25, 0.3) is 11.3 Å². The summed E-state index contributed by atoms with van der Waals surface area (Å²) in [6.07, 6.45) is 1.63. The van der Waals surface area contributed by atoms with Crippen LogP contribution in [0.5, 0.6) is 5.75 Å². The largest absolute Gasteiger partial charge is 0.497 e. The zero-order chi connectivity index (χ0) is 11.4. The summed E-state index contributed by atoms with van der Waals surface area (Å²) in [6.45, 7) is 0. The minimum absolute atomic E-state index is 0.508. The van der Waals surface area contributed by atoms with Crippen LogP contribution in [0.15, 0.2) is 30.5 Å². The Balaban J connectivity index is 2.34. The van der Waals surface area contributed by atoms with Crippen LogP contribution < -0.4 is 10.1 Å². The monoisotopic (exact) mass is 216 g/mol. The molecule has 1 aromatic carbocycles. The number of nitrogens with one attached hydrogen (secondary N) is 1. The maximum absolute atomic E-state index is 5.09. The van der Waals surface area contributed by atoms with Gasteiger partial charge in [0.15, 0.2) is 0 Å². The molecule has 0 aliphatic heterocycles. The van der Waals surface area contributed by atoms with Crippen molar-refractivity contribution in [1.82, 2.24) is 15.2 Å². The van der Waals surface area contributed by atoms with E-state index in [0.717, 1.165) is 17.0 Å². The maximum atomic E-state index is 5.09. The second kappa shape index (κ2) is 4.57. The van der Waals surface area contributed by atoms with Crippen LogP contribution in [0, 0.1) is 0 Å². The maximum Gasteiger partial charge on any atom is 0.243 e. The second-order valence-electron chi connectivity index (χ2n) is 3.14. The quantitative estimate of drug-likeness (QED) is 0.844. The number of benzene rings is 1. The van der Waals surface area contributed by atoms with Gasteiger partial charge in [0.25, 0.3) is 0 Å². The first-order chi connectivity index (χ1) is 7.83. The molecule has 0 unspecified atom stereocenters. The van der Waals surface area contributed by atoms with Gasteiger partial charge < -0.3 is 10.1 Å². The van der Waals surface area contributed by atoms with Crippen molar-refractivity contribution in [1.29, 1.82) is 0 Å². The average Bonchev–Trinajstić information content (AvgIpc) is 2.39. The first-order valence-electron chi connectivity index (χ1n) is 4.85. The number of aromatic nitrogens is 3. The highest BCUT2D eigenvalue weighted by atomic mass is 16.5. The van der Waals surface area contributed by atoms with Gasteiger partial charge in [-0.3, -0.25) is 0 Å². The second-order valence-corrected chi connectivity index (χ2v) is 3.14. The fourth-order valence-corrected chi connectivity index (χ4v) is 1.31. The SMILES string of the molecule is CNc1nncc(-c2ccc(OC)cc2)n1. The first kappa shape index (κ1) is 10.4. The molecule has 0 aliphatic rings. The summed E-state index contributed by atoms with van der Waals surface area (Å²) in [5, 5.41) is 10.5. The molecule has 0 bridgehead atoms. The predicted molar refractivity (Wildman–Crippen MR) is 61.4 cm³/mol.